The summed E-state index contributed by atoms with van der Waals surface area (Å²) in [5.41, 5.74) is 3.97. The highest BCUT2D eigenvalue weighted by atomic mass is 19.4. The molecule has 0 spiro atoms. The molecule has 1 aromatic carbocycles. The number of carbonyl (C=O) groups excluding carboxylic acids is 1. The molecule has 0 heterocycles. The Kier molecular flexibility index (Phi) is 5.26. The van der Waals surface area contributed by atoms with Crippen molar-refractivity contribution in [3.8, 4) is 0 Å². The number of nitrogen functional groups attached to an aromatic ring is 1. The van der Waals surface area contributed by atoms with Crippen molar-refractivity contribution in [2.45, 2.75) is 6.18 Å². The highest BCUT2D eigenvalue weighted by Gasteiger charge is 2.27. The summed E-state index contributed by atoms with van der Waals surface area (Å²) in [5.74, 6) is -2.99. The standard InChI is InChI=1S/C11H11F5N2O2/c12-6-3-7(9(13)8(17)4-6)10(19)18-1-2-20-5-11(14,15)16/h3-4H,1-2,5,17H2,(H,18,19). The van der Waals surface area contributed by atoms with Gasteiger partial charge in [-0.1, -0.05) is 0 Å². The van der Waals surface area contributed by atoms with Crippen LogP contribution in [0.2, 0.25) is 0 Å². The molecule has 1 rings (SSSR count). The van der Waals surface area contributed by atoms with Crippen molar-refractivity contribution in [1.29, 1.82) is 0 Å². The Morgan fingerprint density at radius 3 is 2.55 bits per heavy atom. The molecular weight excluding hydrogens is 287 g/mol. The van der Waals surface area contributed by atoms with Gasteiger partial charge in [0.15, 0.2) is 5.82 Å². The quantitative estimate of drug-likeness (QED) is 0.495. The Balaban J connectivity index is 2.48. The molecule has 0 saturated carbocycles. The SMILES string of the molecule is Nc1cc(F)cc(C(=O)NCCOCC(F)(F)F)c1F. The van der Waals surface area contributed by atoms with E-state index in [1.807, 2.05) is 0 Å². The number of alkyl halides is 3. The molecule has 112 valence electrons. The van der Waals surface area contributed by atoms with E-state index >= 15 is 0 Å². The summed E-state index contributed by atoms with van der Waals surface area (Å²) in [7, 11) is 0. The van der Waals surface area contributed by atoms with E-state index in [4.69, 9.17) is 5.73 Å². The number of hydrogen-bond acceptors (Lipinski definition) is 3. The van der Waals surface area contributed by atoms with E-state index in [0.717, 1.165) is 0 Å². The number of nitrogens with two attached hydrogens (primary N) is 1. The van der Waals surface area contributed by atoms with E-state index in [1.54, 1.807) is 0 Å². The average molecular weight is 298 g/mol. The molecule has 0 bridgehead atoms. The molecule has 0 aliphatic rings. The minimum atomic E-state index is -4.47. The average Bonchev–Trinajstić information content (AvgIpc) is 2.31. The molecular formula is C11H11F5N2O2. The zero-order valence-corrected chi connectivity index (χ0v) is 10.1. The summed E-state index contributed by atoms with van der Waals surface area (Å²) < 4.78 is 65.8. The van der Waals surface area contributed by atoms with Crippen LogP contribution >= 0.6 is 0 Å². The third-order valence-electron chi connectivity index (χ3n) is 2.11. The lowest BCUT2D eigenvalue weighted by Crippen LogP contribution is -2.29. The summed E-state index contributed by atoms with van der Waals surface area (Å²) in [6.45, 7) is -2.16. The van der Waals surface area contributed by atoms with Gasteiger partial charge in [0.1, 0.15) is 12.4 Å². The van der Waals surface area contributed by atoms with Gasteiger partial charge in [-0.3, -0.25) is 4.79 Å². The van der Waals surface area contributed by atoms with Gasteiger partial charge < -0.3 is 15.8 Å². The highest BCUT2D eigenvalue weighted by Crippen LogP contribution is 2.17. The van der Waals surface area contributed by atoms with Gasteiger partial charge in [0.2, 0.25) is 0 Å². The molecule has 1 aromatic rings. The largest absolute Gasteiger partial charge is 0.411 e. The van der Waals surface area contributed by atoms with E-state index in [-0.39, 0.29) is 6.54 Å². The topological polar surface area (TPSA) is 64.4 Å². The Bertz CT molecular complexity index is 490. The highest BCUT2D eigenvalue weighted by molar-refractivity contribution is 5.95. The summed E-state index contributed by atoms with van der Waals surface area (Å²) in [6, 6.07) is 1.34. The van der Waals surface area contributed by atoms with Crippen molar-refractivity contribution in [2.24, 2.45) is 0 Å². The molecule has 9 heteroatoms. The fourth-order valence-corrected chi connectivity index (χ4v) is 1.30. The number of halogens is 5. The second kappa shape index (κ2) is 6.51. The predicted octanol–water partition coefficient (Wildman–Crippen LogP) is 1.86. The van der Waals surface area contributed by atoms with Gasteiger partial charge >= 0.3 is 6.18 Å². The molecule has 3 N–H and O–H groups in total. The van der Waals surface area contributed by atoms with Crippen LogP contribution in [0.3, 0.4) is 0 Å². The van der Waals surface area contributed by atoms with Crippen LogP contribution in [0.25, 0.3) is 0 Å². The van der Waals surface area contributed by atoms with E-state index in [1.165, 1.54) is 0 Å². The molecule has 0 unspecified atom stereocenters. The van der Waals surface area contributed by atoms with Crippen molar-refractivity contribution >= 4 is 11.6 Å². The van der Waals surface area contributed by atoms with Crippen molar-refractivity contribution in [1.82, 2.24) is 5.32 Å². The Morgan fingerprint density at radius 2 is 1.95 bits per heavy atom. The van der Waals surface area contributed by atoms with Gasteiger partial charge in [-0.2, -0.15) is 13.2 Å². The molecule has 0 aliphatic heterocycles. The number of anilines is 1. The van der Waals surface area contributed by atoms with Crippen LogP contribution in [0.1, 0.15) is 10.4 Å². The molecule has 0 aliphatic carbocycles. The summed E-state index contributed by atoms with van der Waals surface area (Å²) in [6.07, 6.45) is -4.47. The first-order chi connectivity index (χ1) is 9.20. The normalized spacial score (nSPS) is 11.4. The maximum Gasteiger partial charge on any atom is 0.411 e. The van der Waals surface area contributed by atoms with Gasteiger partial charge in [0.25, 0.3) is 5.91 Å². The third-order valence-corrected chi connectivity index (χ3v) is 2.11. The fourth-order valence-electron chi connectivity index (χ4n) is 1.30. The van der Waals surface area contributed by atoms with Crippen molar-refractivity contribution in [3.05, 3.63) is 29.3 Å². The van der Waals surface area contributed by atoms with Crippen molar-refractivity contribution < 1.29 is 31.5 Å². The molecule has 0 fully saturated rings. The van der Waals surface area contributed by atoms with Gasteiger partial charge in [0, 0.05) is 6.54 Å². The third kappa shape index (κ3) is 5.00. The maximum atomic E-state index is 13.4. The molecule has 0 atom stereocenters. The number of amides is 1. The number of nitrogens with one attached hydrogen (secondary N) is 1. The maximum absolute atomic E-state index is 13.4. The molecule has 1 amide bonds. The van der Waals surface area contributed by atoms with Gasteiger partial charge in [0.05, 0.1) is 17.9 Å². The lowest BCUT2D eigenvalue weighted by Gasteiger charge is -2.09. The summed E-state index contributed by atoms with van der Waals surface area (Å²) in [4.78, 5) is 11.5. The molecule has 0 radical (unpaired) electrons. The minimum absolute atomic E-state index is 0.287. The predicted molar refractivity (Wildman–Crippen MR) is 60.0 cm³/mol. The van der Waals surface area contributed by atoms with Crippen LogP contribution in [-0.4, -0.2) is 31.8 Å². The molecule has 4 nitrogen and oxygen atoms in total. The lowest BCUT2D eigenvalue weighted by molar-refractivity contribution is -0.173. The van der Waals surface area contributed by atoms with Crippen LogP contribution in [-0.2, 0) is 4.74 Å². The second-order valence-corrected chi connectivity index (χ2v) is 3.78. The van der Waals surface area contributed by atoms with Gasteiger partial charge in [-0.25, -0.2) is 8.78 Å². The second-order valence-electron chi connectivity index (χ2n) is 3.78. The van der Waals surface area contributed by atoms with Crippen LogP contribution in [0, 0.1) is 11.6 Å². The Hall–Kier alpha value is -1.90. The van der Waals surface area contributed by atoms with E-state index in [0.29, 0.717) is 12.1 Å². The van der Waals surface area contributed by atoms with Gasteiger partial charge in [-0.15, -0.1) is 0 Å². The fraction of sp³-hybridized carbons (Fsp3) is 0.364. The van der Waals surface area contributed by atoms with E-state index in [9.17, 15) is 26.7 Å². The van der Waals surface area contributed by atoms with Crippen LogP contribution in [0.4, 0.5) is 27.6 Å². The minimum Gasteiger partial charge on any atom is -0.396 e. The number of ether oxygens (including phenoxy) is 1. The first-order valence-electron chi connectivity index (χ1n) is 5.38. The zero-order chi connectivity index (χ0) is 15.3. The summed E-state index contributed by atoms with van der Waals surface area (Å²) in [5, 5.41) is 2.09. The van der Waals surface area contributed by atoms with E-state index in [2.05, 4.69) is 10.1 Å². The van der Waals surface area contributed by atoms with Crippen LogP contribution in [0.5, 0.6) is 0 Å². The molecule has 0 saturated heterocycles. The Labute approximate surface area is 110 Å². The van der Waals surface area contributed by atoms with Crippen LogP contribution < -0.4 is 11.1 Å². The van der Waals surface area contributed by atoms with Crippen molar-refractivity contribution in [3.63, 3.8) is 0 Å². The van der Waals surface area contributed by atoms with Crippen LogP contribution in [0.15, 0.2) is 12.1 Å². The number of hydrogen-bond donors (Lipinski definition) is 2. The molecule has 20 heavy (non-hydrogen) atoms. The molecule has 0 aromatic heterocycles. The first kappa shape index (κ1) is 16.2. The lowest BCUT2D eigenvalue weighted by atomic mass is 10.1. The zero-order valence-electron chi connectivity index (χ0n) is 10.1. The monoisotopic (exact) mass is 298 g/mol. The first-order valence-corrected chi connectivity index (χ1v) is 5.38. The Morgan fingerprint density at radius 1 is 1.30 bits per heavy atom. The van der Waals surface area contributed by atoms with Gasteiger partial charge in [-0.05, 0) is 12.1 Å². The van der Waals surface area contributed by atoms with Crippen molar-refractivity contribution in [2.75, 3.05) is 25.5 Å². The summed E-state index contributed by atoms with van der Waals surface area (Å²) >= 11 is 0. The smallest absolute Gasteiger partial charge is 0.396 e. The number of carbonyl (C=O) groups is 1. The number of rotatable bonds is 5. The number of benzene rings is 1. The van der Waals surface area contributed by atoms with E-state index < -0.39 is 48.2 Å².